The standard InChI is InChI=1S/C24H23ClN2O3S/c1-17-6-4-11-22(12-17)31(29,30)27-16-20-9-3-2-8-19(20)14-23(27)24(28)26-15-18-7-5-10-21(25)13-18/h2-13,23H,14-16H2,1H3,(H,26,28). The third kappa shape index (κ3) is 4.66. The smallest absolute Gasteiger partial charge is 0.244 e. The van der Waals surface area contributed by atoms with Gasteiger partial charge in [-0.05, 0) is 59.9 Å². The van der Waals surface area contributed by atoms with E-state index in [1.807, 2.05) is 49.4 Å². The van der Waals surface area contributed by atoms with Crippen molar-refractivity contribution in [1.82, 2.24) is 9.62 Å². The minimum Gasteiger partial charge on any atom is -0.351 e. The number of carbonyl (C=O) groups is 1. The van der Waals surface area contributed by atoms with Crippen LogP contribution in [0.4, 0.5) is 0 Å². The lowest BCUT2D eigenvalue weighted by Crippen LogP contribution is -2.52. The molecule has 0 bridgehead atoms. The molecule has 1 N–H and O–H groups in total. The molecule has 1 atom stereocenters. The number of nitrogens with zero attached hydrogens (tertiary/aromatic N) is 1. The van der Waals surface area contributed by atoms with Gasteiger partial charge in [0.05, 0.1) is 4.90 Å². The van der Waals surface area contributed by atoms with Gasteiger partial charge in [-0.1, -0.05) is 60.1 Å². The first-order chi connectivity index (χ1) is 14.8. The van der Waals surface area contributed by atoms with Crippen molar-refractivity contribution in [3.63, 3.8) is 0 Å². The van der Waals surface area contributed by atoms with Crippen LogP contribution in [0.1, 0.15) is 22.3 Å². The molecule has 5 nitrogen and oxygen atoms in total. The van der Waals surface area contributed by atoms with E-state index in [0.29, 0.717) is 11.4 Å². The van der Waals surface area contributed by atoms with E-state index in [4.69, 9.17) is 11.6 Å². The van der Waals surface area contributed by atoms with Crippen LogP contribution < -0.4 is 5.32 Å². The molecule has 0 saturated heterocycles. The fraction of sp³-hybridized carbons (Fsp3) is 0.208. The van der Waals surface area contributed by atoms with Crippen molar-refractivity contribution in [2.75, 3.05) is 0 Å². The SMILES string of the molecule is Cc1cccc(S(=O)(=O)N2Cc3ccccc3CC2C(=O)NCc2cccc(Cl)c2)c1. The van der Waals surface area contributed by atoms with Crippen LogP contribution in [-0.4, -0.2) is 24.7 Å². The molecule has 1 aliphatic rings. The second-order valence-corrected chi connectivity index (χ2v) is 10.0. The lowest BCUT2D eigenvalue weighted by atomic mass is 9.95. The fourth-order valence-electron chi connectivity index (χ4n) is 3.84. The summed E-state index contributed by atoms with van der Waals surface area (Å²) in [4.78, 5) is 13.4. The Morgan fingerprint density at radius 2 is 1.77 bits per heavy atom. The number of hydrogen-bond donors (Lipinski definition) is 1. The molecule has 1 aliphatic heterocycles. The molecule has 0 fully saturated rings. The molecule has 0 spiro atoms. The monoisotopic (exact) mass is 454 g/mol. The molecule has 0 saturated carbocycles. The molecule has 160 valence electrons. The highest BCUT2D eigenvalue weighted by Gasteiger charge is 2.39. The van der Waals surface area contributed by atoms with Gasteiger partial charge in [-0.25, -0.2) is 8.42 Å². The van der Waals surface area contributed by atoms with E-state index in [2.05, 4.69) is 5.32 Å². The predicted molar refractivity (Wildman–Crippen MR) is 121 cm³/mol. The number of amides is 1. The topological polar surface area (TPSA) is 66.5 Å². The molecular weight excluding hydrogens is 432 g/mol. The minimum atomic E-state index is -3.86. The van der Waals surface area contributed by atoms with E-state index in [0.717, 1.165) is 22.3 Å². The van der Waals surface area contributed by atoms with E-state index in [1.54, 1.807) is 30.3 Å². The van der Waals surface area contributed by atoms with Gasteiger partial charge in [0.25, 0.3) is 0 Å². The summed E-state index contributed by atoms with van der Waals surface area (Å²) < 4.78 is 28.3. The molecule has 0 radical (unpaired) electrons. The Hall–Kier alpha value is -2.67. The Labute approximate surface area is 187 Å². The maximum Gasteiger partial charge on any atom is 0.244 e. The maximum atomic E-state index is 13.5. The summed E-state index contributed by atoms with van der Waals surface area (Å²) >= 11 is 6.03. The van der Waals surface area contributed by atoms with Crippen molar-refractivity contribution in [2.24, 2.45) is 0 Å². The van der Waals surface area contributed by atoms with Crippen molar-refractivity contribution in [1.29, 1.82) is 0 Å². The highest BCUT2D eigenvalue weighted by Crippen LogP contribution is 2.29. The van der Waals surface area contributed by atoms with Gasteiger partial charge >= 0.3 is 0 Å². The van der Waals surface area contributed by atoms with E-state index in [-0.39, 0.29) is 23.9 Å². The van der Waals surface area contributed by atoms with Gasteiger partial charge in [0.15, 0.2) is 0 Å². The molecule has 3 aromatic carbocycles. The summed E-state index contributed by atoms with van der Waals surface area (Å²) in [6.07, 6.45) is 0.322. The number of carbonyl (C=O) groups excluding carboxylic acids is 1. The van der Waals surface area contributed by atoms with Crippen LogP contribution in [0, 0.1) is 6.92 Å². The Morgan fingerprint density at radius 3 is 2.52 bits per heavy atom. The first-order valence-electron chi connectivity index (χ1n) is 10.0. The Kier molecular flexibility index (Phi) is 6.14. The van der Waals surface area contributed by atoms with Gasteiger partial charge in [-0.2, -0.15) is 4.31 Å². The first-order valence-corrected chi connectivity index (χ1v) is 11.8. The minimum absolute atomic E-state index is 0.154. The van der Waals surface area contributed by atoms with Gasteiger partial charge in [0.2, 0.25) is 15.9 Å². The molecule has 7 heteroatoms. The Bertz CT molecular complexity index is 1230. The first kappa shape index (κ1) is 21.6. The quantitative estimate of drug-likeness (QED) is 0.631. The van der Waals surface area contributed by atoms with E-state index < -0.39 is 16.1 Å². The Morgan fingerprint density at radius 1 is 1.03 bits per heavy atom. The summed E-state index contributed by atoms with van der Waals surface area (Å²) in [5.41, 5.74) is 3.60. The lowest BCUT2D eigenvalue weighted by molar-refractivity contribution is -0.125. The summed E-state index contributed by atoms with van der Waals surface area (Å²) in [5, 5.41) is 3.47. The van der Waals surface area contributed by atoms with Crippen LogP contribution in [0.2, 0.25) is 5.02 Å². The van der Waals surface area contributed by atoms with Crippen molar-refractivity contribution < 1.29 is 13.2 Å². The number of rotatable bonds is 5. The molecule has 1 heterocycles. The maximum absolute atomic E-state index is 13.5. The van der Waals surface area contributed by atoms with Crippen LogP contribution >= 0.6 is 11.6 Å². The number of halogens is 1. The van der Waals surface area contributed by atoms with Crippen LogP contribution in [0.3, 0.4) is 0 Å². The zero-order chi connectivity index (χ0) is 22.0. The van der Waals surface area contributed by atoms with Crippen molar-refractivity contribution in [2.45, 2.75) is 37.4 Å². The number of nitrogens with one attached hydrogen (secondary N) is 1. The largest absolute Gasteiger partial charge is 0.351 e. The third-order valence-corrected chi connectivity index (χ3v) is 7.55. The summed E-state index contributed by atoms with van der Waals surface area (Å²) in [5.74, 6) is -0.328. The third-order valence-electron chi connectivity index (χ3n) is 5.46. The zero-order valence-electron chi connectivity index (χ0n) is 17.1. The van der Waals surface area contributed by atoms with Crippen LogP contribution in [0.25, 0.3) is 0 Å². The molecule has 1 amide bonds. The molecule has 1 unspecified atom stereocenters. The molecule has 31 heavy (non-hydrogen) atoms. The lowest BCUT2D eigenvalue weighted by Gasteiger charge is -2.35. The van der Waals surface area contributed by atoms with Gasteiger partial charge < -0.3 is 5.32 Å². The summed E-state index contributed by atoms with van der Waals surface area (Å²) in [6.45, 7) is 2.28. The second-order valence-electron chi connectivity index (χ2n) is 7.70. The van der Waals surface area contributed by atoms with E-state index in [9.17, 15) is 13.2 Å². The van der Waals surface area contributed by atoms with Gasteiger partial charge in [0.1, 0.15) is 6.04 Å². The summed E-state index contributed by atoms with van der Waals surface area (Å²) in [6, 6.07) is 20.8. The normalized spacial score (nSPS) is 16.5. The van der Waals surface area contributed by atoms with E-state index >= 15 is 0 Å². The molecular formula is C24H23ClN2O3S. The number of sulfonamides is 1. The molecule has 3 aromatic rings. The number of aryl methyl sites for hydroxylation is 1. The average molecular weight is 455 g/mol. The summed E-state index contributed by atoms with van der Waals surface area (Å²) in [7, 11) is -3.86. The zero-order valence-corrected chi connectivity index (χ0v) is 18.7. The van der Waals surface area contributed by atoms with Gasteiger partial charge in [-0.15, -0.1) is 0 Å². The number of hydrogen-bond acceptors (Lipinski definition) is 3. The highest BCUT2D eigenvalue weighted by molar-refractivity contribution is 7.89. The fourth-order valence-corrected chi connectivity index (χ4v) is 5.72. The Balaban J connectivity index is 1.65. The molecule has 4 rings (SSSR count). The number of fused-ring (bicyclic) bond motifs is 1. The molecule has 0 aliphatic carbocycles. The molecule has 0 aromatic heterocycles. The average Bonchev–Trinajstić information content (AvgIpc) is 2.76. The van der Waals surface area contributed by atoms with Gasteiger partial charge in [-0.3, -0.25) is 4.79 Å². The van der Waals surface area contributed by atoms with Crippen molar-refractivity contribution in [3.8, 4) is 0 Å². The second kappa shape index (κ2) is 8.83. The van der Waals surface area contributed by atoms with Crippen LogP contribution in [0.5, 0.6) is 0 Å². The van der Waals surface area contributed by atoms with E-state index in [1.165, 1.54) is 4.31 Å². The van der Waals surface area contributed by atoms with Crippen molar-refractivity contribution in [3.05, 3.63) is 100 Å². The highest BCUT2D eigenvalue weighted by atomic mass is 35.5. The van der Waals surface area contributed by atoms with Crippen LogP contribution in [-0.2, 0) is 34.3 Å². The predicted octanol–water partition coefficient (Wildman–Crippen LogP) is 4.08. The van der Waals surface area contributed by atoms with Gasteiger partial charge in [0, 0.05) is 18.1 Å². The number of benzene rings is 3. The van der Waals surface area contributed by atoms with Crippen molar-refractivity contribution >= 4 is 27.5 Å². The van der Waals surface area contributed by atoms with Crippen LogP contribution in [0.15, 0.2) is 77.7 Å².